The van der Waals surface area contributed by atoms with Crippen molar-refractivity contribution in [3.8, 4) is 0 Å². The first-order chi connectivity index (χ1) is 5.55. The van der Waals surface area contributed by atoms with Crippen LogP contribution in [0, 0.1) is 5.41 Å². The second-order valence-electron chi connectivity index (χ2n) is 4.16. The first kappa shape index (κ1) is 9.59. The second-order valence-corrected chi connectivity index (χ2v) is 4.16. The smallest absolute Gasteiger partial charge is 0.121 e. The first-order valence-corrected chi connectivity index (χ1v) is 4.46. The van der Waals surface area contributed by atoms with E-state index in [1.54, 1.807) is 0 Å². The maximum atomic E-state index is 5.65. The summed E-state index contributed by atoms with van der Waals surface area (Å²) in [5.74, 6) is 0.980. The number of allylic oxidation sites excluding steroid dienone is 1. The maximum absolute atomic E-state index is 5.65. The van der Waals surface area contributed by atoms with Crippen LogP contribution in [0.3, 0.4) is 0 Å². The molecule has 2 nitrogen and oxygen atoms in total. The number of hydrogen-bond acceptors (Lipinski definition) is 2. The largest absolute Gasteiger partial charge is 0.493 e. The maximum Gasteiger partial charge on any atom is 0.121 e. The van der Waals surface area contributed by atoms with E-state index in [1.165, 1.54) is 0 Å². The fourth-order valence-electron chi connectivity index (χ4n) is 1.39. The molecule has 1 atom stereocenters. The Labute approximate surface area is 74.6 Å². The summed E-state index contributed by atoms with van der Waals surface area (Å²) < 4.78 is 11.2. The van der Waals surface area contributed by atoms with Crippen molar-refractivity contribution >= 4 is 0 Å². The fraction of sp³-hybridized carbons (Fsp3) is 0.800. The van der Waals surface area contributed by atoms with Crippen molar-refractivity contribution in [1.82, 2.24) is 0 Å². The molecule has 2 heteroatoms. The molecule has 1 saturated heterocycles. The third-order valence-corrected chi connectivity index (χ3v) is 1.97. The van der Waals surface area contributed by atoms with Crippen LogP contribution in [-0.4, -0.2) is 19.3 Å². The minimum Gasteiger partial charge on any atom is -0.493 e. The highest BCUT2D eigenvalue weighted by molar-refractivity contribution is 5.05. The van der Waals surface area contributed by atoms with Crippen LogP contribution in [-0.2, 0) is 9.47 Å². The van der Waals surface area contributed by atoms with Gasteiger partial charge >= 0.3 is 0 Å². The molecule has 0 radical (unpaired) electrons. The highest BCUT2D eigenvalue weighted by Gasteiger charge is 2.32. The molecule has 0 spiro atoms. The predicted molar refractivity (Wildman–Crippen MR) is 48.9 cm³/mol. The van der Waals surface area contributed by atoms with E-state index < -0.39 is 0 Å². The van der Waals surface area contributed by atoms with Crippen LogP contribution in [0.15, 0.2) is 11.8 Å². The molecule has 0 saturated carbocycles. The molecular weight excluding hydrogens is 152 g/mol. The Bertz CT molecular complexity index is 177. The third kappa shape index (κ3) is 2.01. The van der Waals surface area contributed by atoms with Crippen LogP contribution < -0.4 is 0 Å². The Morgan fingerprint density at radius 1 is 1.33 bits per heavy atom. The van der Waals surface area contributed by atoms with Gasteiger partial charge < -0.3 is 9.47 Å². The molecule has 0 aromatic heterocycles. The third-order valence-electron chi connectivity index (χ3n) is 1.97. The van der Waals surface area contributed by atoms with Gasteiger partial charge in [-0.15, -0.1) is 0 Å². The number of hydrogen-bond donors (Lipinski definition) is 0. The average Bonchev–Trinajstić information content (AvgIpc) is 2.03. The van der Waals surface area contributed by atoms with Gasteiger partial charge in [0, 0.05) is 0 Å². The molecule has 1 unspecified atom stereocenters. The Kier molecular flexibility index (Phi) is 2.78. The molecular formula is C10H18O2. The van der Waals surface area contributed by atoms with E-state index in [1.807, 2.05) is 13.0 Å². The standard InChI is InChI=1S/C10H18O2/c1-5-8-9(10(2,3)4)12-7-6-11-8/h5,9H,6-7H2,1-4H3/b8-5+. The van der Waals surface area contributed by atoms with Crippen LogP contribution in [0.4, 0.5) is 0 Å². The minimum absolute atomic E-state index is 0.122. The zero-order chi connectivity index (χ0) is 9.19. The van der Waals surface area contributed by atoms with Crippen molar-refractivity contribution in [2.24, 2.45) is 5.41 Å². The van der Waals surface area contributed by atoms with E-state index in [0.717, 1.165) is 5.76 Å². The lowest BCUT2D eigenvalue weighted by Gasteiger charge is -2.35. The van der Waals surface area contributed by atoms with Gasteiger partial charge in [0.05, 0.1) is 6.61 Å². The van der Waals surface area contributed by atoms with Gasteiger partial charge in [0.1, 0.15) is 18.5 Å². The summed E-state index contributed by atoms with van der Waals surface area (Å²) >= 11 is 0. The van der Waals surface area contributed by atoms with Crippen molar-refractivity contribution in [3.63, 3.8) is 0 Å². The molecule has 1 heterocycles. The topological polar surface area (TPSA) is 18.5 Å². The Hall–Kier alpha value is -0.500. The molecule has 70 valence electrons. The summed E-state index contributed by atoms with van der Waals surface area (Å²) in [4.78, 5) is 0. The normalized spacial score (nSPS) is 28.7. The summed E-state index contributed by atoms with van der Waals surface area (Å²) in [5, 5.41) is 0. The summed E-state index contributed by atoms with van der Waals surface area (Å²) in [5.41, 5.74) is 0.127. The highest BCUT2D eigenvalue weighted by Crippen LogP contribution is 2.30. The minimum atomic E-state index is 0.122. The molecule has 1 aliphatic rings. The lowest BCUT2D eigenvalue weighted by atomic mass is 9.87. The monoisotopic (exact) mass is 170 g/mol. The quantitative estimate of drug-likeness (QED) is 0.555. The zero-order valence-electron chi connectivity index (χ0n) is 8.39. The van der Waals surface area contributed by atoms with Gasteiger partial charge in [0.2, 0.25) is 0 Å². The fourth-order valence-corrected chi connectivity index (χ4v) is 1.39. The Morgan fingerprint density at radius 2 is 2.00 bits per heavy atom. The molecule has 0 aromatic carbocycles. The second kappa shape index (κ2) is 3.48. The zero-order valence-corrected chi connectivity index (χ0v) is 8.39. The van der Waals surface area contributed by atoms with E-state index in [-0.39, 0.29) is 11.5 Å². The SMILES string of the molecule is C/C=C1/OCCOC1C(C)(C)C. The lowest BCUT2D eigenvalue weighted by Crippen LogP contribution is -2.37. The molecule has 0 aliphatic carbocycles. The molecule has 0 bridgehead atoms. The number of rotatable bonds is 0. The summed E-state index contributed by atoms with van der Waals surface area (Å²) in [6.45, 7) is 9.87. The lowest BCUT2D eigenvalue weighted by molar-refractivity contribution is -0.0861. The van der Waals surface area contributed by atoms with Crippen LogP contribution in [0.25, 0.3) is 0 Å². The molecule has 1 rings (SSSR count). The van der Waals surface area contributed by atoms with E-state index >= 15 is 0 Å². The first-order valence-electron chi connectivity index (χ1n) is 4.46. The van der Waals surface area contributed by atoms with Gasteiger partial charge in [0.15, 0.2) is 0 Å². The van der Waals surface area contributed by atoms with Gasteiger partial charge in [0.25, 0.3) is 0 Å². The molecule has 0 aromatic rings. The van der Waals surface area contributed by atoms with Gasteiger partial charge in [-0.2, -0.15) is 0 Å². The van der Waals surface area contributed by atoms with Gasteiger partial charge in [-0.1, -0.05) is 20.8 Å². The van der Waals surface area contributed by atoms with E-state index in [9.17, 15) is 0 Å². The Balaban J connectivity index is 2.73. The van der Waals surface area contributed by atoms with Crippen LogP contribution in [0.2, 0.25) is 0 Å². The Morgan fingerprint density at radius 3 is 2.42 bits per heavy atom. The van der Waals surface area contributed by atoms with Crippen LogP contribution in [0.1, 0.15) is 27.7 Å². The van der Waals surface area contributed by atoms with E-state index in [4.69, 9.17) is 9.47 Å². The van der Waals surface area contributed by atoms with Crippen LogP contribution in [0.5, 0.6) is 0 Å². The molecule has 1 fully saturated rings. The predicted octanol–water partition coefficient (Wildman–Crippen LogP) is 2.35. The molecule has 0 N–H and O–H groups in total. The van der Waals surface area contributed by atoms with Gasteiger partial charge in [-0.25, -0.2) is 0 Å². The molecule has 0 amide bonds. The van der Waals surface area contributed by atoms with Gasteiger partial charge in [-0.05, 0) is 18.4 Å². The van der Waals surface area contributed by atoms with Gasteiger partial charge in [-0.3, -0.25) is 0 Å². The van der Waals surface area contributed by atoms with Crippen molar-refractivity contribution in [3.05, 3.63) is 11.8 Å². The summed E-state index contributed by atoms with van der Waals surface area (Å²) in [7, 11) is 0. The van der Waals surface area contributed by atoms with Crippen molar-refractivity contribution in [2.75, 3.05) is 13.2 Å². The molecule has 1 aliphatic heterocycles. The summed E-state index contributed by atoms with van der Waals surface area (Å²) in [6, 6.07) is 0. The van der Waals surface area contributed by atoms with Crippen molar-refractivity contribution in [2.45, 2.75) is 33.8 Å². The average molecular weight is 170 g/mol. The van der Waals surface area contributed by atoms with Crippen molar-refractivity contribution < 1.29 is 9.47 Å². The molecule has 12 heavy (non-hydrogen) atoms. The van der Waals surface area contributed by atoms with Crippen molar-refractivity contribution in [1.29, 1.82) is 0 Å². The highest BCUT2D eigenvalue weighted by atomic mass is 16.6. The van der Waals surface area contributed by atoms with E-state index in [2.05, 4.69) is 20.8 Å². The van der Waals surface area contributed by atoms with Crippen LogP contribution >= 0.6 is 0 Å². The van der Waals surface area contributed by atoms with E-state index in [0.29, 0.717) is 13.2 Å². The summed E-state index contributed by atoms with van der Waals surface area (Å²) in [6.07, 6.45) is 2.12. The number of ether oxygens (including phenoxy) is 2.